The lowest BCUT2D eigenvalue weighted by molar-refractivity contribution is 0.360. The van der Waals surface area contributed by atoms with Crippen molar-refractivity contribution < 1.29 is 13.9 Å². The molecule has 0 bridgehead atoms. The molecule has 5 heteroatoms. The van der Waals surface area contributed by atoms with Crippen molar-refractivity contribution in [3.05, 3.63) is 121 Å². The summed E-state index contributed by atoms with van der Waals surface area (Å²) in [5.41, 5.74) is 6.15. The highest BCUT2D eigenvalue weighted by molar-refractivity contribution is 6.06. The predicted octanol–water partition coefficient (Wildman–Crippen LogP) is 9.27. The molecule has 1 aliphatic rings. The van der Waals surface area contributed by atoms with Crippen LogP contribution in [0.5, 0.6) is 23.0 Å². The summed E-state index contributed by atoms with van der Waals surface area (Å²) in [6.45, 7) is 0. The molecule has 0 fully saturated rings. The van der Waals surface area contributed by atoms with Crippen LogP contribution < -0.4 is 9.47 Å². The zero-order valence-corrected chi connectivity index (χ0v) is 20.7. The monoisotopic (exact) mass is 504 g/mol. The van der Waals surface area contributed by atoms with Gasteiger partial charge in [-0.3, -0.25) is 0 Å². The predicted molar refractivity (Wildman–Crippen MR) is 152 cm³/mol. The SMILES string of the molecule is c1ccc(-c2cc(-c3ccc4c(c3)Oc3cc5c(cc3O4)oc3ccccc35)nc(-c3ccccc3)n2)cc1. The van der Waals surface area contributed by atoms with Crippen LogP contribution in [-0.2, 0) is 0 Å². The lowest BCUT2D eigenvalue weighted by Gasteiger charge is -2.21. The third-order valence-corrected chi connectivity index (χ3v) is 6.95. The Bertz CT molecular complexity index is 1960. The van der Waals surface area contributed by atoms with Crippen LogP contribution in [-0.4, -0.2) is 9.97 Å². The highest BCUT2D eigenvalue weighted by Crippen LogP contribution is 2.49. The standard InChI is InChI=1S/C34H20N2O3/c1-3-9-21(10-4-1)26-19-27(36-34(35-26)22-11-5-2-6-12-22)23-15-16-29-31(17-23)39-32-18-25-24-13-7-8-14-28(24)37-30(25)20-33(32)38-29/h1-20H. The van der Waals surface area contributed by atoms with Crippen molar-refractivity contribution in [1.82, 2.24) is 9.97 Å². The normalized spacial score (nSPS) is 12.0. The Morgan fingerprint density at radius 2 is 1.05 bits per heavy atom. The first-order valence-electron chi connectivity index (χ1n) is 12.7. The van der Waals surface area contributed by atoms with Crippen molar-refractivity contribution in [3.63, 3.8) is 0 Å². The number of hydrogen-bond donors (Lipinski definition) is 0. The molecule has 0 saturated carbocycles. The molecule has 0 saturated heterocycles. The van der Waals surface area contributed by atoms with Crippen LogP contribution in [0.3, 0.4) is 0 Å². The smallest absolute Gasteiger partial charge is 0.173 e. The van der Waals surface area contributed by atoms with Gasteiger partial charge in [0.2, 0.25) is 0 Å². The number of hydrogen-bond acceptors (Lipinski definition) is 5. The maximum absolute atomic E-state index is 6.39. The van der Waals surface area contributed by atoms with Gasteiger partial charge in [0.05, 0.1) is 11.4 Å². The van der Waals surface area contributed by atoms with Gasteiger partial charge in [-0.1, -0.05) is 78.9 Å². The summed E-state index contributed by atoms with van der Waals surface area (Å²) in [5, 5.41) is 2.03. The number of rotatable bonds is 3. The number of ether oxygens (including phenoxy) is 2. The fourth-order valence-corrected chi connectivity index (χ4v) is 5.03. The lowest BCUT2D eigenvalue weighted by Crippen LogP contribution is -2.00. The fraction of sp³-hybridized carbons (Fsp3) is 0. The number of fused-ring (bicyclic) bond motifs is 5. The third-order valence-electron chi connectivity index (χ3n) is 6.95. The molecule has 0 spiro atoms. The second-order valence-corrected chi connectivity index (χ2v) is 9.45. The average Bonchev–Trinajstić information content (AvgIpc) is 3.36. The highest BCUT2D eigenvalue weighted by Gasteiger charge is 2.23. The Labute approximate surface area is 223 Å². The second kappa shape index (κ2) is 8.57. The maximum atomic E-state index is 6.39. The first-order chi connectivity index (χ1) is 19.3. The minimum absolute atomic E-state index is 0.626. The van der Waals surface area contributed by atoms with E-state index in [-0.39, 0.29) is 0 Å². The van der Waals surface area contributed by atoms with Crippen LogP contribution >= 0.6 is 0 Å². The topological polar surface area (TPSA) is 57.4 Å². The van der Waals surface area contributed by atoms with E-state index in [9.17, 15) is 0 Å². The minimum Gasteiger partial charge on any atom is -0.456 e. The quantitative estimate of drug-likeness (QED) is 0.240. The van der Waals surface area contributed by atoms with E-state index in [0.29, 0.717) is 28.8 Å². The molecule has 3 heterocycles. The van der Waals surface area contributed by atoms with Crippen LogP contribution in [0.4, 0.5) is 0 Å². The van der Waals surface area contributed by atoms with Gasteiger partial charge in [0, 0.05) is 33.5 Å². The molecule has 2 aromatic heterocycles. The molecule has 8 rings (SSSR count). The number of para-hydroxylation sites is 1. The van der Waals surface area contributed by atoms with E-state index in [4.69, 9.17) is 23.9 Å². The van der Waals surface area contributed by atoms with E-state index in [2.05, 4.69) is 12.1 Å². The molecule has 0 aliphatic carbocycles. The average molecular weight is 505 g/mol. The Kier molecular flexibility index (Phi) is 4.76. The minimum atomic E-state index is 0.626. The molecule has 5 aromatic carbocycles. The van der Waals surface area contributed by atoms with Crippen molar-refractivity contribution in [2.24, 2.45) is 0 Å². The molecule has 39 heavy (non-hydrogen) atoms. The summed E-state index contributed by atoms with van der Waals surface area (Å²) < 4.78 is 18.7. The summed E-state index contributed by atoms with van der Waals surface area (Å²) in [6, 6.07) is 39.9. The Morgan fingerprint density at radius 1 is 0.410 bits per heavy atom. The maximum Gasteiger partial charge on any atom is 0.173 e. The van der Waals surface area contributed by atoms with Crippen LogP contribution in [0, 0.1) is 0 Å². The van der Waals surface area contributed by atoms with E-state index in [1.165, 1.54) is 0 Å². The van der Waals surface area contributed by atoms with E-state index in [1.807, 2.05) is 109 Å². The molecule has 0 unspecified atom stereocenters. The molecular weight excluding hydrogens is 484 g/mol. The summed E-state index contributed by atoms with van der Waals surface area (Å²) in [7, 11) is 0. The van der Waals surface area contributed by atoms with Gasteiger partial charge >= 0.3 is 0 Å². The van der Waals surface area contributed by atoms with Crippen molar-refractivity contribution in [2.75, 3.05) is 0 Å². The molecule has 0 N–H and O–H groups in total. The molecule has 0 amide bonds. The summed E-state index contributed by atoms with van der Waals surface area (Å²) in [6.07, 6.45) is 0. The summed E-state index contributed by atoms with van der Waals surface area (Å²) >= 11 is 0. The van der Waals surface area contributed by atoms with Crippen LogP contribution in [0.25, 0.3) is 55.8 Å². The Balaban J connectivity index is 1.23. The molecule has 7 aromatic rings. The van der Waals surface area contributed by atoms with Gasteiger partial charge in [-0.25, -0.2) is 9.97 Å². The van der Waals surface area contributed by atoms with Crippen LogP contribution in [0.2, 0.25) is 0 Å². The van der Waals surface area contributed by atoms with Gasteiger partial charge in [0.25, 0.3) is 0 Å². The molecule has 5 nitrogen and oxygen atoms in total. The molecule has 1 aliphatic heterocycles. The number of benzene rings is 5. The van der Waals surface area contributed by atoms with E-state index >= 15 is 0 Å². The largest absolute Gasteiger partial charge is 0.456 e. The Morgan fingerprint density at radius 3 is 1.87 bits per heavy atom. The lowest BCUT2D eigenvalue weighted by atomic mass is 10.1. The van der Waals surface area contributed by atoms with Crippen molar-refractivity contribution in [1.29, 1.82) is 0 Å². The number of furan rings is 1. The second-order valence-electron chi connectivity index (χ2n) is 9.45. The molecular formula is C34H20N2O3. The summed E-state index contributed by atoms with van der Waals surface area (Å²) in [4.78, 5) is 9.83. The van der Waals surface area contributed by atoms with Gasteiger partial charge in [-0.2, -0.15) is 0 Å². The zero-order chi connectivity index (χ0) is 25.8. The van der Waals surface area contributed by atoms with Crippen LogP contribution in [0.1, 0.15) is 0 Å². The highest BCUT2D eigenvalue weighted by atomic mass is 16.6. The van der Waals surface area contributed by atoms with E-state index in [0.717, 1.165) is 50.0 Å². The third kappa shape index (κ3) is 3.71. The van der Waals surface area contributed by atoms with Gasteiger partial charge in [0.1, 0.15) is 11.2 Å². The zero-order valence-electron chi connectivity index (χ0n) is 20.7. The first kappa shape index (κ1) is 21.6. The molecule has 184 valence electrons. The van der Waals surface area contributed by atoms with Crippen molar-refractivity contribution in [3.8, 4) is 56.9 Å². The van der Waals surface area contributed by atoms with E-state index in [1.54, 1.807) is 0 Å². The van der Waals surface area contributed by atoms with Gasteiger partial charge < -0.3 is 13.9 Å². The van der Waals surface area contributed by atoms with Gasteiger partial charge in [-0.15, -0.1) is 0 Å². The molecule has 0 radical (unpaired) electrons. The van der Waals surface area contributed by atoms with E-state index < -0.39 is 0 Å². The first-order valence-corrected chi connectivity index (χ1v) is 12.7. The van der Waals surface area contributed by atoms with Crippen molar-refractivity contribution in [2.45, 2.75) is 0 Å². The number of aromatic nitrogens is 2. The fourth-order valence-electron chi connectivity index (χ4n) is 5.03. The van der Waals surface area contributed by atoms with Gasteiger partial charge in [0.15, 0.2) is 28.8 Å². The van der Waals surface area contributed by atoms with Crippen molar-refractivity contribution >= 4 is 21.9 Å². The Hall–Kier alpha value is -5.42. The van der Waals surface area contributed by atoms with Gasteiger partial charge in [-0.05, 0) is 36.4 Å². The number of nitrogens with zero attached hydrogens (tertiary/aromatic N) is 2. The summed E-state index contributed by atoms with van der Waals surface area (Å²) in [5.74, 6) is 3.22. The molecule has 0 atom stereocenters. The van der Waals surface area contributed by atoms with Crippen LogP contribution in [0.15, 0.2) is 126 Å².